The molecule has 1 amide bonds. The smallest absolute Gasteiger partial charge is 0.241 e. The molecule has 0 spiro atoms. The van der Waals surface area contributed by atoms with Gasteiger partial charge in [-0.1, -0.05) is 19.9 Å². The maximum absolute atomic E-state index is 11.7. The number of primary sulfonamides is 1. The standard InChI is InChI=1S/C11H17N3O3S/c1-7(2)10(12)11(15)14-8-4-3-5-9(6-8)18(13,16)17/h3-7,10H,12H2,1-2H3,(H,14,15)(H2,13,16,17)/t10-/m1/s1. The first-order chi connectivity index (χ1) is 8.21. The van der Waals surface area contributed by atoms with Crippen molar-refractivity contribution in [2.24, 2.45) is 16.8 Å². The molecule has 1 aromatic carbocycles. The summed E-state index contributed by atoms with van der Waals surface area (Å²) >= 11 is 0. The summed E-state index contributed by atoms with van der Waals surface area (Å²) in [6.45, 7) is 3.65. The molecule has 6 nitrogen and oxygen atoms in total. The van der Waals surface area contributed by atoms with Crippen molar-refractivity contribution in [2.45, 2.75) is 24.8 Å². The molecule has 1 atom stereocenters. The number of nitrogens with two attached hydrogens (primary N) is 2. The molecule has 5 N–H and O–H groups in total. The number of carbonyl (C=O) groups is 1. The molecular formula is C11H17N3O3S. The van der Waals surface area contributed by atoms with Gasteiger partial charge in [0.1, 0.15) is 0 Å². The predicted molar refractivity (Wildman–Crippen MR) is 69.3 cm³/mol. The van der Waals surface area contributed by atoms with Crippen LogP contribution in [0.2, 0.25) is 0 Å². The van der Waals surface area contributed by atoms with E-state index in [0.717, 1.165) is 0 Å². The second-order valence-corrected chi connectivity index (χ2v) is 5.89. The number of hydrogen-bond donors (Lipinski definition) is 3. The number of carbonyl (C=O) groups excluding carboxylic acids is 1. The summed E-state index contributed by atoms with van der Waals surface area (Å²) in [6.07, 6.45) is 0. The van der Waals surface area contributed by atoms with Crippen LogP contribution in [-0.4, -0.2) is 20.4 Å². The molecule has 0 saturated heterocycles. The minimum absolute atomic E-state index is 0.00794. The van der Waals surface area contributed by atoms with Gasteiger partial charge in [0.05, 0.1) is 10.9 Å². The van der Waals surface area contributed by atoms with E-state index in [-0.39, 0.29) is 16.7 Å². The second kappa shape index (κ2) is 5.47. The van der Waals surface area contributed by atoms with Crippen molar-refractivity contribution in [3.8, 4) is 0 Å². The maximum atomic E-state index is 11.7. The van der Waals surface area contributed by atoms with Gasteiger partial charge in [-0.3, -0.25) is 4.79 Å². The van der Waals surface area contributed by atoms with Gasteiger partial charge in [-0.25, -0.2) is 13.6 Å². The Bertz CT molecular complexity index is 540. The van der Waals surface area contributed by atoms with E-state index in [0.29, 0.717) is 5.69 Å². The number of sulfonamides is 1. The fraction of sp³-hybridized carbons (Fsp3) is 0.364. The van der Waals surface area contributed by atoms with Gasteiger partial charge in [0, 0.05) is 5.69 Å². The molecule has 0 aliphatic carbocycles. The highest BCUT2D eigenvalue weighted by Gasteiger charge is 2.17. The van der Waals surface area contributed by atoms with Gasteiger partial charge in [0.15, 0.2) is 0 Å². The van der Waals surface area contributed by atoms with Crippen molar-refractivity contribution in [3.05, 3.63) is 24.3 Å². The molecule has 0 unspecified atom stereocenters. The maximum Gasteiger partial charge on any atom is 0.241 e. The van der Waals surface area contributed by atoms with E-state index in [4.69, 9.17) is 10.9 Å². The highest BCUT2D eigenvalue weighted by atomic mass is 32.2. The van der Waals surface area contributed by atoms with E-state index in [2.05, 4.69) is 5.32 Å². The molecule has 1 aromatic rings. The first-order valence-corrected chi connectivity index (χ1v) is 6.96. The van der Waals surface area contributed by atoms with Crippen LogP contribution in [0.15, 0.2) is 29.2 Å². The Kier molecular flexibility index (Phi) is 4.44. The number of amides is 1. The van der Waals surface area contributed by atoms with Crippen molar-refractivity contribution in [3.63, 3.8) is 0 Å². The quantitative estimate of drug-likeness (QED) is 0.728. The van der Waals surface area contributed by atoms with E-state index < -0.39 is 16.1 Å². The molecule has 0 bridgehead atoms. The van der Waals surface area contributed by atoms with Crippen LogP contribution < -0.4 is 16.2 Å². The van der Waals surface area contributed by atoms with Gasteiger partial charge in [0.25, 0.3) is 0 Å². The Morgan fingerprint density at radius 3 is 2.44 bits per heavy atom. The van der Waals surface area contributed by atoms with E-state index in [1.807, 2.05) is 13.8 Å². The van der Waals surface area contributed by atoms with Crippen molar-refractivity contribution in [1.82, 2.24) is 0 Å². The summed E-state index contributed by atoms with van der Waals surface area (Å²) in [6, 6.07) is 5.06. The summed E-state index contributed by atoms with van der Waals surface area (Å²) in [4.78, 5) is 11.6. The minimum Gasteiger partial charge on any atom is -0.325 e. The molecule has 0 saturated carbocycles. The minimum atomic E-state index is -3.78. The molecule has 0 fully saturated rings. The van der Waals surface area contributed by atoms with Gasteiger partial charge in [-0.2, -0.15) is 0 Å². The van der Waals surface area contributed by atoms with Gasteiger partial charge < -0.3 is 11.1 Å². The normalized spacial score (nSPS) is 13.4. The molecule has 0 aliphatic rings. The third-order valence-electron chi connectivity index (χ3n) is 2.45. The van der Waals surface area contributed by atoms with E-state index in [1.165, 1.54) is 18.2 Å². The van der Waals surface area contributed by atoms with Crippen LogP contribution in [0.1, 0.15) is 13.8 Å². The lowest BCUT2D eigenvalue weighted by atomic mass is 10.1. The monoisotopic (exact) mass is 271 g/mol. The Morgan fingerprint density at radius 1 is 1.33 bits per heavy atom. The van der Waals surface area contributed by atoms with Crippen LogP contribution in [0.4, 0.5) is 5.69 Å². The van der Waals surface area contributed by atoms with E-state index >= 15 is 0 Å². The lowest BCUT2D eigenvalue weighted by molar-refractivity contribution is -0.118. The fourth-order valence-corrected chi connectivity index (χ4v) is 1.84. The third kappa shape index (κ3) is 3.80. The zero-order valence-corrected chi connectivity index (χ0v) is 11.1. The molecule has 0 aliphatic heterocycles. The van der Waals surface area contributed by atoms with Crippen molar-refractivity contribution in [2.75, 3.05) is 5.32 Å². The van der Waals surface area contributed by atoms with Gasteiger partial charge in [0.2, 0.25) is 15.9 Å². The van der Waals surface area contributed by atoms with Crippen LogP contribution in [0, 0.1) is 5.92 Å². The Balaban J connectivity index is 2.90. The summed E-state index contributed by atoms with van der Waals surface area (Å²) in [5.41, 5.74) is 6.03. The molecule has 0 heterocycles. The zero-order valence-electron chi connectivity index (χ0n) is 10.3. The lowest BCUT2D eigenvalue weighted by Crippen LogP contribution is -2.39. The number of rotatable bonds is 4. The third-order valence-corrected chi connectivity index (χ3v) is 3.36. The molecule has 18 heavy (non-hydrogen) atoms. The van der Waals surface area contributed by atoms with Crippen LogP contribution >= 0.6 is 0 Å². The van der Waals surface area contributed by atoms with Gasteiger partial charge in [-0.05, 0) is 24.1 Å². The van der Waals surface area contributed by atoms with Crippen LogP contribution in [0.3, 0.4) is 0 Å². The largest absolute Gasteiger partial charge is 0.325 e. The Hall–Kier alpha value is -1.44. The van der Waals surface area contributed by atoms with E-state index in [1.54, 1.807) is 6.07 Å². The van der Waals surface area contributed by atoms with Crippen molar-refractivity contribution >= 4 is 21.6 Å². The molecule has 1 rings (SSSR count). The Morgan fingerprint density at radius 2 is 1.94 bits per heavy atom. The number of nitrogens with one attached hydrogen (secondary N) is 1. The molecular weight excluding hydrogens is 254 g/mol. The van der Waals surface area contributed by atoms with Crippen LogP contribution in [0.5, 0.6) is 0 Å². The number of hydrogen-bond acceptors (Lipinski definition) is 4. The predicted octanol–water partition coefficient (Wildman–Crippen LogP) is 0.256. The second-order valence-electron chi connectivity index (χ2n) is 4.33. The zero-order chi connectivity index (χ0) is 13.9. The SMILES string of the molecule is CC(C)[C@@H](N)C(=O)Nc1cccc(S(N)(=O)=O)c1. The summed E-state index contributed by atoms with van der Waals surface area (Å²) in [5.74, 6) is -0.372. The number of anilines is 1. The number of benzene rings is 1. The van der Waals surface area contributed by atoms with Gasteiger partial charge in [-0.15, -0.1) is 0 Å². The molecule has 7 heteroatoms. The molecule has 0 radical (unpaired) electrons. The van der Waals surface area contributed by atoms with Crippen LogP contribution in [0.25, 0.3) is 0 Å². The summed E-state index contributed by atoms with van der Waals surface area (Å²) < 4.78 is 22.3. The molecule has 100 valence electrons. The average Bonchev–Trinajstić information content (AvgIpc) is 2.27. The summed E-state index contributed by atoms with van der Waals surface area (Å²) in [7, 11) is -3.78. The first-order valence-electron chi connectivity index (χ1n) is 5.41. The lowest BCUT2D eigenvalue weighted by Gasteiger charge is -2.15. The Labute approximate surface area is 106 Å². The topological polar surface area (TPSA) is 115 Å². The molecule has 0 aromatic heterocycles. The average molecular weight is 271 g/mol. The van der Waals surface area contributed by atoms with Crippen molar-refractivity contribution in [1.29, 1.82) is 0 Å². The van der Waals surface area contributed by atoms with E-state index in [9.17, 15) is 13.2 Å². The highest BCUT2D eigenvalue weighted by molar-refractivity contribution is 7.89. The van der Waals surface area contributed by atoms with Crippen molar-refractivity contribution < 1.29 is 13.2 Å². The van der Waals surface area contributed by atoms with Crippen LogP contribution in [-0.2, 0) is 14.8 Å². The highest BCUT2D eigenvalue weighted by Crippen LogP contribution is 2.14. The summed E-state index contributed by atoms with van der Waals surface area (Å²) in [5, 5.41) is 7.55. The van der Waals surface area contributed by atoms with Gasteiger partial charge >= 0.3 is 0 Å². The fourth-order valence-electron chi connectivity index (χ4n) is 1.28. The first kappa shape index (κ1) is 14.6.